The molecule has 24 heavy (non-hydrogen) atoms. The van der Waals surface area contributed by atoms with Crippen molar-refractivity contribution in [2.45, 2.75) is 33.1 Å². The molecule has 5 nitrogen and oxygen atoms in total. The molecule has 0 fully saturated rings. The second-order valence-corrected chi connectivity index (χ2v) is 6.89. The molecule has 1 aromatic rings. The molecule has 0 radical (unpaired) electrons. The van der Waals surface area contributed by atoms with E-state index in [9.17, 15) is 9.59 Å². The van der Waals surface area contributed by atoms with Gasteiger partial charge in [0.2, 0.25) is 11.8 Å². The van der Waals surface area contributed by atoms with Crippen LogP contribution < -0.4 is 10.6 Å². The molecule has 0 aromatic heterocycles. The van der Waals surface area contributed by atoms with Gasteiger partial charge >= 0.3 is 0 Å². The van der Waals surface area contributed by atoms with E-state index in [0.717, 1.165) is 18.5 Å². The minimum atomic E-state index is -0.269. The van der Waals surface area contributed by atoms with Crippen LogP contribution in [0.4, 0.5) is 0 Å². The van der Waals surface area contributed by atoms with E-state index >= 15 is 0 Å². The Bertz CT molecular complexity index is 541. The Kier molecular flexibility index (Phi) is 8.47. The quantitative estimate of drug-likeness (QED) is 0.724. The summed E-state index contributed by atoms with van der Waals surface area (Å²) in [6.07, 6.45) is 0.943. The van der Waals surface area contributed by atoms with Crippen molar-refractivity contribution in [1.82, 2.24) is 15.5 Å². The molecule has 1 atom stereocenters. The number of hydrogen-bond donors (Lipinski definition) is 2. The van der Waals surface area contributed by atoms with Crippen LogP contribution in [0.25, 0.3) is 0 Å². The fourth-order valence-electron chi connectivity index (χ4n) is 2.53. The lowest BCUT2D eigenvalue weighted by atomic mass is 9.90. The zero-order chi connectivity index (χ0) is 18.1. The van der Waals surface area contributed by atoms with Gasteiger partial charge in [0.25, 0.3) is 0 Å². The fourth-order valence-corrected chi connectivity index (χ4v) is 2.53. The van der Waals surface area contributed by atoms with Gasteiger partial charge in [0.1, 0.15) is 0 Å². The Hall–Kier alpha value is -1.88. The van der Waals surface area contributed by atoms with E-state index in [1.54, 1.807) is 0 Å². The van der Waals surface area contributed by atoms with Crippen LogP contribution >= 0.6 is 0 Å². The molecule has 0 aliphatic carbocycles. The number of likely N-dealkylation sites (N-methyl/N-ethyl adjacent to an activating group) is 1. The number of amides is 2. The van der Waals surface area contributed by atoms with Crippen molar-refractivity contribution in [3.8, 4) is 0 Å². The number of benzene rings is 1. The van der Waals surface area contributed by atoms with E-state index in [1.807, 2.05) is 44.1 Å². The van der Waals surface area contributed by atoms with Crippen LogP contribution in [0.15, 0.2) is 24.3 Å². The highest BCUT2D eigenvalue weighted by molar-refractivity contribution is 5.88. The van der Waals surface area contributed by atoms with Crippen molar-refractivity contribution in [3.63, 3.8) is 0 Å². The maximum atomic E-state index is 12.4. The van der Waals surface area contributed by atoms with Crippen molar-refractivity contribution >= 4 is 11.8 Å². The lowest BCUT2D eigenvalue weighted by Crippen LogP contribution is -2.40. The first-order valence-corrected chi connectivity index (χ1v) is 8.58. The Balaban J connectivity index is 2.55. The summed E-state index contributed by atoms with van der Waals surface area (Å²) in [5.41, 5.74) is 2.24. The van der Waals surface area contributed by atoms with Crippen molar-refractivity contribution in [2.75, 3.05) is 33.7 Å². The first-order valence-electron chi connectivity index (χ1n) is 8.58. The third-order valence-electron chi connectivity index (χ3n) is 3.85. The van der Waals surface area contributed by atoms with Gasteiger partial charge in [-0.05, 0) is 44.5 Å². The van der Waals surface area contributed by atoms with Gasteiger partial charge in [-0.2, -0.15) is 0 Å². The van der Waals surface area contributed by atoms with Crippen molar-refractivity contribution in [2.24, 2.45) is 5.92 Å². The summed E-state index contributed by atoms with van der Waals surface area (Å²) in [5, 5.41) is 5.52. The Morgan fingerprint density at radius 3 is 2.38 bits per heavy atom. The summed E-state index contributed by atoms with van der Waals surface area (Å²) in [4.78, 5) is 26.1. The van der Waals surface area contributed by atoms with Gasteiger partial charge in [-0.3, -0.25) is 9.59 Å². The number of carbonyl (C=O) groups excluding carboxylic acids is 2. The van der Waals surface area contributed by atoms with Crippen LogP contribution in [0.5, 0.6) is 0 Å². The summed E-state index contributed by atoms with van der Waals surface area (Å²) in [6.45, 7) is 7.59. The lowest BCUT2D eigenvalue weighted by Gasteiger charge is -2.17. The van der Waals surface area contributed by atoms with Gasteiger partial charge in [-0.25, -0.2) is 0 Å². The highest BCUT2D eigenvalue weighted by atomic mass is 16.2. The lowest BCUT2D eigenvalue weighted by molar-refractivity contribution is -0.126. The van der Waals surface area contributed by atoms with Crippen molar-refractivity contribution in [1.29, 1.82) is 0 Å². The molecule has 134 valence electrons. The number of nitrogens with one attached hydrogen (secondary N) is 2. The number of carbonyl (C=O) groups is 2. The van der Waals surface area contributed by atoms with E-state index < -0.39 is 0 Å². The predicted molar refractivity (Wildman–Crippen MR) is 98.0 cm³/mol. The molecular weight excluding hydrogens is 302 g/mol. The molecule has 1 rings (SSSR count). The molecule has 5 heteroatoms. The monoisotopic (exact) mass is 333 g/mol. The minimum absolute atomic E-state index is 0.0168. The highest BCUT2D eigenvalue weighted by Crippen LogP contribution is 2.22. The van der Waals surface area contributed by atoms with Crippen LogP contribution in [0.2, 0.25) is 0 Å². The standard InChI is InChI=1S/C19H31N3O2/c1-14(2)12-16-8-6-7-9-17(16)15(3)19(24)21-13-18(23)20-10-11-22(4)5/h6-9,14-15H,10-13H2,1-5H3,(H,20,23)(H,21,24). The average Bonchev–Trinajstić information content (AvgIpc) is 2.51. The number of hydrogen-bond acceptors (Lipinski definition) is 3. The molecule has 0 saturated carbocycles. The number of rotatable bonds is 9. The average molecular weight is 333 g/mol. The predicted octanol–water partition coefficient (Wildman–Crippen LogP) is 1.78. The third kappa shape index (κ3) is 7.13. The second kappa shape index (κ2) is 10.1. The zero-order valence-electron chi connectivity index (χ0n) is 15.6. The molecule has 1 aromatic carbocycles. The van der Waals surface area contributed by atoms with E-state index in [2.05, 4.69) is 30.5 Å². The summed E-state index contributed by atoms with van der Waals surface area (Å²) >= 11 is 0. The maximum absolute atomic E-state index is 12.4. The third-order valence-corrected chi connectivity index (χ3v) is 3.85. The second-order valence-electron chi connectivity index (χ2n) is 6.89. The summed E-state index contributed by atoms with van der Waals surface area (Å²) in [6, 6.07) is 8.03. The van der Waals surface area contributed by atoms with Gasteiger partial charge in [-0.15, -0.1) is 0 Å². The van der Waals surface area contributed by atoms with E-state index in [4.69, 9.17) is 0 Å². The van der Waals surface area contributed by atoms with Gasteiger partial charge < -0.3 is 15.5 Å². The molecule has 0 saturated heterocycles. The topological polar surface area (TPSA) is 61.4 Å². The van der Waals surface area contributed by atoms with Crippen LogP contribution in [-0.2, 0) is 16.0 Å². The smallest absolute Gasteiger partial charge is 0.239 e. The normalized spacial score (nSPS) is 12.3. The largest absolute Gasteiger partial charge is 0.353 e. The maximum Gasteiger partial charge on any atom is 0.239 e. The molecule has 0 bridgehead atoms. The summed E-state index contributed by atoms with van der Waals surface area (Å²) in [5.74, 6) is -0.0137. The minimum Gasteiger partial charge on any atom is -0.353 e. The van der Waals surface area contributed by atoms with Gasteiger partial charge in [0.05, 0.1) is 12.5 Å². The van der Waals surface area contributed by atoms with Crippen LogP contribution in [-0.4, -0.2) is 50.4 Å². The molecule has 0 spiro atoms. The summed E-state index contributed by atoms with van der Waals surface area (Å²) < 4.78 is 0. The number of nitrogens with zero attached hydrogens (tertiary/aromatic N) is 1. The van der Waals surface area contributed by atoms with Crippen molar-refractivity contribution < 1.29 is 9.59 Å². The molecule has 1 unspecified atom stereocenters. The van der Waals surface area contributed by atoms with Crippen molar-refractivity contribution in [3.05, 3.63) is 35.4 Å². The van der Waals surface area contributed by atoms with Crippen LogP contribution in [0.3, 0.4) is 0 Å². The molecule has 0 aliphatic heterocycles. The first kappa shape index (κ1) is 20.2. The van der Waals surface area contributed by atoms with Gasteiger partial charge in [-0.1, -0.05) is 38.1 Å². The van der Waals surface area contributed by atoms with Gasteiger partial charge in [0, 0.05) is 13.1 Å². The molecule has 0 heterocycles. The van der Waals surface area contributed by atoms with Crippen LogP contribution in [0.1, 0.15) is 37.8 Å². The fraction of sp³-hybridized carbons (Fsp3) is 0.579. The Morgan fingerprint density at radius 2 is 1.75 bits per heavy atom. The summed E-state index contributed by atoms with van der Waals surface area (Å²) in [7, 11) is 3.90. The molecular formula is C19H31N3O2. The molecule has 2 N–H and O–H groups in total. The first-order chi connectivity index (χ1) is 11.3. The van der Waals surface area contributed by atoms with E-state index in [-0.39, 0.29) is 24.3 Å². The van der Waals surface area contributed by atoms with Crippen LogP contribution in [0, 0.1) is 5.92 Å². The highest BCUT2D eigenvalue weighted by Gasteiger charge is 2.19. The molecule has 2 amide bonds. The van der Waals surface area contributed by atoms with Gasteiger partial charge in [0.15, 0.2) is 0 Å². The Morgan fingerprint density at radius 1 is 1.08 bits per heavy atom. The molecule has 0 aliphatic rings. The van der Waals surface area contributed by atoms with E-state index in [0.29, 0.717) is 12.5 Å². The van der Waals surface area contributed by atoms with E-state index in [1.165, 1.54) is 5.56 Å². The SMILES string of the molecule is CC(C)Cc1ccccc1C(C)C(=O)NCC(=O)NCCN(C)C. The Labute approximate surface area is 145 Å². The zero-order valence-corrected chi connectivity index (χ0v) is 15.6.